The smallest absolute Gasteiger partial charge is 0.328 e. The zero-order chi connectivity index (χ0) is 30.5. The molecule has 10 heteroatoms. The predicted molar refractivity (Wildman–Crippen MR) is 161 cm³/mol. The van der Waals surface area contributed by atoms with Gasteiger partial charge in [-0.05, 0) is 94.5 Å². The van der Waals surface area contributed by atoms with Crippen molar-refractivity contribution in [3.05, 3.63) is 29.3 Å². The normalized spacial score (nSPS) is 17.9. The van der Waals surface area contributed by atoms with Gasteiger partial charge < -0.3 is 15.4 Å². The van der Waals surface area contributed by atoms with E-state index in [1.807, 2.05) is 50.9 Å². The van der Waals surface area contributed by atoms with Crippen LogP contribution in [0.1, 0.15) is 103 Å². The second-order valence-corrected chi connectivity index (χ2v) is 12.1. The molecule has 1 aromatic rings. The van der Waals surface area contributed by atoms with Gasteiger partial charge in [0, 0.05) is 25.1 Å². The number of carbonyl (C=O) groups excluding carboxylic acids is 4. The third-order valence-corrected chi connectivity index (χ3v) is 7.94. The molecular weight excluding hydrogens is 536 g/mol. The molecule has 1 aromatic carbocycles. The summed E-state index contributed by atoms with van der Waals surface area (Å²) >= 11 is 0. The number of carbonyl (C=O) groups is 4. The van der Waals surface area contributed by atoms with Crippen LogP contribution in [0.25, 0.3) is 0 Å². The second-order valence-electron chi connectivity index (χ2n) is 12.1. The topological polar surface area (TPSA) is 126 Å². The molecule has 0 bridgehead atoms. The second kappa shape index (κ2) is 17.2. The van der Waals surface area contributed by atoms with Crippen LogP contribution in [0.15, 0.2) is 18.2 Å². The lowest BCUT2D eigenvalue weighted by Gasteiger charge is -2.34. The summed E-state index contributed by atoms with van der Waals surface area (Å²) in [5.41, 5.74) is 5.27. The van der Waals surface area contributed by atoms with Crippen LogP contribution in [0.4, 0.5) is 5.69 Å². The van der Waals surface area contributed by atoms with Crippen molar-refractivity contribution in [2.45, 2.75) is 123 Å². The van der Waals surface area contributed by atoms with Gasteiger partial charge in [-0.2, -0.15) is 0 Å². The highest BCUT2D eigenvalue weighted by Crippen LogP contribution is 2.26. The van der Waals surface area contributed by atoms with Gasteiger partial charge in [0.1, 0.15) is 12.1 Å². The minimum absolute atomic E-state index is 0.0336. The number of nitrogens with zero attached hydrogens (tertiary/aromatic N) is 1. The van der Waals surface area contributed by atoms with Crippen molar-refractivity contribution < 1.29 is 28.8 Å². The fraction of sp³-hybridized carbons (Fsp3) is 0.688. The van der Waals surface area contributed by atoms with Gasteiger partial charge >= 0.3 is 5.97 Å². The molecule has 3 amide bonds. The quantitative estimate of drug-likeness (QED) is 0.149. The zero-order valence-electron chi connectivity index (χ0n) is 25.8. The van der Waals surface area contributed by atoms with E-state index < -0.39 is 12.1 Å². The molecule has 10 nitrogen and oxygen atoms in total. The van der Waals surface area contributed by atoms with Crippen LogP contribution in [-0.2, 0) is 41.7 Å². The number of hydroxylamine groups is 1. The number of benzene rings is 1. The molecule has 1 saturated carbocycles. The number of unbranched alkanes of at least 4 members (excludes halogenated alkanes) is 3. The Morgan fingerprint density at radius 2 is 1.67 bits per heavy atom. The van der Waals surface area contributed by atoms with E-state index in [4.69, 9.17) is 9.57 Å². The number of hydrogen-bond acceptors (Lipinski definition) is 7. The molecule has 0 unspecified atom stereocenters. The number of anilines is 1. The Balaban J connectivity index is 1.46. The molecule has 3 N–H and O–H groups in total. The van der Waals surface area contributed by atoms with Crippen LogP contribution in [0.3, 0.4) is 0 Å². The molecule has 1 heterocycles. The molecule has 42 heavy (non-hydrogen) atoms. The first-order valence-electron chi connectivity index (χ1n) is 15.7. The minimum Gasteiger partial charge on any atom is -0.461 e. The Labute approximate surface area is 250 Å². The highest BCUT2D eigenvalue weighted by Gasteiger charge is 2.33. The third kappa shape index (κ3) is 11.0. The average molecular weight is 587 g/mol. The summed E-state index contributed by atoms with van der Waals surface area (Å²) in [7, 11) is 1.91. The van der Waals surface area contributed by atoms with Gasteiger partial charge in [-0.3, -0.25) is 24.1 Å². The van der Waals surface area contributed by atoms with Crippen molar-refractivity contribution in [2.24, 2.45) is 5.92 Å². The van der Waals surface area contributed by atoms with Gasteiger partial charge in [0.15, 0.2) is 0 Å². The standard InChI is InChI=1S/C32H50N4O6/c1-5-41-35-30(38)15-9-7-6-8-14-29(37)33-25-17-16-23-20-28(36(4)21-24(23)19-25)31(39)34-27(18-22(2)3)32(40)42-26-12-10-11-13-26/h16-17,19,22,26-28H,5-15,18,20-21H2,1-4H3,(H,33,37)(H,34,39)(H,35,38)/t27-,28-/m0/s1. The molecule has 0 spiro atoms. The molecule has 1 fully saturated rings. The maximum absolute atomic E-state index is 13.4. The van der Waals surface area contributed by atoms with Crippen molar-refractivity contribution in [2.75, 3.05) is 19.0 Å². The van der Waals surface area contributed by atoms with Crippen molar-refractivity contribution in [3.63, 3.8) is 0 Å². The number of hydrogen-bond donors (Lipinski definition) is 3. The summed E-state index contributed by atoms with van der Waals surface area (Å²) in [4.78, 5) is 57.2. The van der Waals surface area contributed by atoms with E-state index in [1.165, 1.54) is 0 Å². The lowest BCUT2D eigenvalue weighted by molar-refractivity contribution is -0.153. The fourth-order valence-corrected chi connectivity index (χ4v) is 5.64. The highest BCUT2D eigenvalue weighted by atomic mass is 16.6. The van der Waals surface area contributed by atoms with Gasteiger partial charge in [0.2, 0.25) is 17.7 Å². The van der Waals surface area contributed by atoms with Gasteiger partial charge in [0.05, 0.1) is 12.6 Å². The van der Waals surface area contributed by atoms with E-state index in [2.05, 4.69) is 16.1 Å². The van der Waals surface area contributed by atoms with Crippen molar-refractivity contribution in [3.8, 4) is 0 Å². The number of fused-ring (bicyclic) bond motifs is 1. The average Bonchev–Trinajstić information content (AvgIpc) is 3.45. The van der Waals surface area contributed by atoms with Gasteiger partial charge in [0.25, 0.3) is 0 Å². The first kappa shape index (κ1) is 33.5. The summed E-state index contributed by atoms with van der Waals surface area (Å²) in [5, 5.41) is 5.99. The Bertz CT molecular complexity index is 1060. The molecule has 234 valence electrons. The lowest BCUT2D eigenvalue weighted by atomic mass is 9.93. The molecular formula is C32H50N4O6. The maximum atomic E-state index is 13.4. The van der Waals surface area contributed by atoms with Crippen molar-refractivity contribution >= 4 is 29.4 Å². The Kier molecular flexibility index (Phi) is 13.7. The molecule has 1 aliphatic heterocycles. The predicted octanol–water partition coefficient (Wildman–Crippen LogP) is 4.41. The number of nitrogens with one attached hydrogen (secondary N) is 3. The number of amides is 3. The van der Waals surface area contributed by atoms with E-state index in [1.54, 1.807) is 0 Å². The number of esters is 1. The van der Waals surface area contributed by atoms with Crippen LogP contribution >= 0.6 is 0 Å². The van der Waals surface area contributed by atoms with Crippen molar-refractivity contribution in [1.82, 2.24) is 15.7 Å². The van der Waals surface area contributed by atoms with E-state index >= 15 is 0 Å². The van der Waals surface area contributed by atoms with Crippen LogP contribution in [0.2, 0.25) is 0 Å². The highest BCUT2D eigenvalue weighted by molar-refractivity contribution is 5.91. The summed E-state index contributed by atoms with van der Waals surface area (Å²) in [6, 6.07) is 4.80. The molecule has 2 aliphatic rings. The fourth-order valence-electron chi connectivity index (χ4n) is 5.64. The van der Waals surface area contributed by atoms with Gasteiger partial charge in [-0.25, -0.2) is 10.3 Å². The SMILES string of the molecule is CCONC(=O)CCCCCCC(=O)Nc1ccc2c(c1)CN(C)[C@H](C(=O)N[C@@H](CC(C)C)C(=O)OC1CCCC1)C2. The zero-order valence-corrected chi connectivity index (χ0v) is 25.8. The lowest BCUT2D eigenvalue weighted by Crippen LogP contribution is -2.53. The summed E-state index contributed by atoms with van der Waals surface area (Å²) in [6.07, 6.45) is 9.12. The molecule has 2 atom stereocenters. The first-order chi connectivity index (χ1) is 20.2. The third-order valence-electron chi connectivity index (χ3n) is 7.94. The minimum atomic E-state index is -0.648. The summed E-state index contributed by atoms with van der Waals surface area (Å²) in [6.45, 7) is 6.89. The van der Waals surface area contributed by atoms with Crippen LogP contribution in [0, 0.1) is 5.92 Å². The largest absolute Gasteiger partial charge is 0.461 e. The van der Waals surface area contributed by atoms with Crippen LogP contribution < -0.4 is 16.1 Å². The van der Waals surface area contributed by atoms with E-state index in [9.17, 15) is 19.2 Å². The van der Waals surface area contributed by atoms with Crippen LogP contribution in [-0.4, -0.2) is 60.4 Å². The molecule has 3 rings (SSSR count). The Morgan fingerprint density at radius 3 is 2.33 bits per heavy atom. The summed E-state index contributed by atoms with van der Waals surface area (Å²) < 4.78 is 5.73. The number of rotatable bonds is 16. The monoisotopic (exact) mass is 586 g/mol. The number of likely N-dealkylation sites (N-methyl/N-ethyl adjacent to an activating group) is 1. The van der Waals surface area contributed by atoms with Gasteiger partial charge in [-0.1, -0.05) is 32.8 Å². The first-order valence-corrected chi connectivity index (χ1v) is 15.7. The van der Waals surface area contributed by atoms with E-state index in [-0.39, 0.29) is 35.7 Å². The van der Waals surface area contributed by atoms with Crippen LogP contribution in [0.5, 0.6) is 0 Å². The molecule has 0 aromatic heterocycles. The molecule has 1 aliphatic carbocycles. The Morgan fingerprint density at radius 1 is 0.976 bits per heavy atom. The van der Waals surface area contributed by atoms with Crippen molar-refractivity contribution in [1.29, 1.82) is 0 Å². The van der Waals surface area contributed by atoms with E-state index in [0.29, 0.717) is 38.8 Å². The molecule has 0 saturated heterocycles. The van der Waals surface area contributed by atoms with Gasteiger partial charge in [-0.15, -0.1) is 0 Å². The molecule has 0 radical (unpaired) electrons. The summed E-state index contributed by atoms with van der Waals surface area (Å²) in [5.74, 6) is -0.401. The van der Waals surface area contributed by atoms with E-state index in [0.717, 1.165) is 68.2 Å². The number of ether oxygens (including phenoxy) is 1. The maximum Gasteiger partial charge on any atom is 0.328 e. The Hall–Kier alpha value is -2.98.